The number of aromatic amines is 1. The zero-order chi connectivity index (χ0) is 25.6. The number of hydrogen-bond acceptors (Lipinski definition) is 4. The van der Waals surface area contributed by atoms with Crippen molar-refractivity contribution < 1.29 is 32.2 Å². The van der Waals surface area contributed by atoms with Crippen LogP contribution >= 0.6 is 0 Å². The molecule has 0 spiro atoms. The summed E-state index contributed by atoms with van der Waals surface area (Å²) in [6.07, 6.45) is 0. The Labute approximate surface area is 203 Å². The van der Waals surface area contributed by atoms with Gasteiger partial charge in [-0.2, -0.15) is 0 Å². The van der Waals surface area contributed by atoms with Crippen LogP contribution in [-0.4, -0.2) is 52.2 Å². The lowest BCUT2D eigenvalue weighted by Crippen LogP contribution is -2.35. The number of aromatic carboxylic acids is 1. The van der Waals surface area contributed by atoms with Crippen LogP contribution in [0.15, 0.2) is 36.4 Å². The largest absolute Gasteiger partial charge is 0.478 e. The number of aryl methyl sites for hydroxylation is 1. The number of morpholine rings is 1. The van der Waals surface area contributed by atoms with E-state index < -0.39 is 40.4 Å². The van der Waals surface area contributed by atoms with Crippen molar-refractivity contribution in [3.8, 4) is 22.3 Å². The van der Waals surface area contributed by atoms with E-state index in [1.807, 2.05) is 0 Å². The maximum atomic E-state index is 15.3. The van der Waals surface area contributed by atoms with Crippen LogP contribution in [0.5, 0.6) is 0 Å². The second kappa shape index (κ2) is 9.36. The van der Waals surface area contributed by atoms with Crippen molar-refractivity contribution >= 4 is 17.0 Å². The zero-order valence-electron chi connectivity index (χ0n) is 19.2. The number of fused-ring (bicyclic) bond motifs is 1. The second-order valence-corrected chi connectivity index (χ2v) is 8.64. The van der Waals surface area contributed by atoms with Crippen molar-refractivity contribution in [1.82, 2.24) is 14.9 Å². The fraction of sp³-hybridized carbons (Fsp3) is 0.231. The number of benzene rings is 3. The predicted molar refractivity (Wildman–Crippen MR) is 125 cm³/mol. The van der Waals surface area contributed by atoms with Crippen LogP contribution in [0, 0.1) is 30.2 Å². The topological polar surface area (TPSA) is 78.4 Å². The highest BCUT2D eigenvalue weighted by atomic mass is 19.2. The number of hydrogen-bond donors (Lipinski definition) is 2. The third-order valence-corrected chi connectivity index (χ3v) is 6.21. The minimum Gasteiger partial charge on any atom is -0.478 e. The normalized spacial score (nSPS) is 14.5. The van der Waals surface area contributed by atoms with E-state index in [1.54, 1.807) is 19.1 Å². The standard InChI is InChI=1S/C26H21F4N3O3/c1-13-31-18-11-16(10-17(26(34)35)25(18)32-13)20-23(29)21(27)19(22(28)24(20)30)15-4-2-3-14(9-15)12-33-5-7-36-8-6-33/h2-4,9-11H,5-8,12H2,1H3,(H,31,32)(H,34,35). The summed E-state index contributed by atoms with van der Waals surface area (Å²) in [6, 6.07) is 8.38. The highest BCUT2D eigenvalue weighted by Crippen LogP contribution is 2.38. The van der Waals surface area contributed by atoms with E-state index in [0.717, 1.165) is 11.6 Å². The molecule has 186 valence electrons. The fourth-order valence-corrected chi connectivity index (χ4v) is 4.53. The number of nitrogens with one attached hydrogen (secondary N) is 1. The minimum absolute atomic E-state index is 0.00835. The number of aromatic nitrogens is 2. The molecular formula is C26H21F4N3O3. The second-order valence-electron chi connectivity index (χ2n) is 8.64. The summed E-state index contributed by atoms with van der Waals surface area (Å²) >= 11 is 0. The van der Waals surface area contributed by atoms with Crippen molar-refractivity contribution in [2.45, 2.75) is 13.5 Å². The lowest BCUT2D eigenvalue weighted by atomic mass is 9.95. The first-order valence-electron chi connectivity index (χ1n) is 11.2. The number of carboxylic acid groups (broad SMARTS) is 1. The van der Waals surface area contributed by atoms with E-state index in [-0.39, 0.29) is 27.7 Å². The van der Waals surface area contributed by atoms with Gasteiger partial charge in [0.2, 0.25) is 0 Å². The van der Waals surface area contributed by atoms with Gasteiger partial charge in [0.15, 0.2) is 23.3 Å². The summed E-state index contributed by atoms with van der Waals surface area (Å²) in [7, 11) is 0. The van der Waals surface area contributed by atoms with E-state index >= 15 is 17.6 Å². The first kappa shape index (κ1) is 24.0. The molecular weight excluding hydrogens is 478 g/mol. The van der Waals surface area contributed by atoms with Crippen molar-refractivity contribution in [3.63, 3.8) is 0 Å². The molecule has 0 atom stereocenters. The van der Waals surface area contributed by atoms with E-state index in [2.05, 4.69) is 14.9 Å². The molecule has 5 rings (SSSR count). The number of imidazole rings is 1. The summed E-state index contributed by atoms with van der Waals surface area (Å²) in [5.74, 6) is -7.39. The third kappa shape index (κ3) is 4.22. The van der Waals surface area contributed by atoms with Crippen molar-refractivity contribution in [3.05, 3.63) is 76.6 Å². The monoisotopic (exact) mass is 499 g/mol. The van der Waals surface area contributed by atoms with Gasteiger partial charge in [-0.3, -0.25) is 4.90 Å². The van der Waals surface area contributed by atoms with Gasteiger partial charge in [0, 0.05) is 19.6 Å². The molecule has 6 nitrogen and oxygen atoms in total. The van der Waals surface area contributed by atoms with Gasteiger partial charge in [0.05, 0.1) is 35.4 Å². The molecule has 0 aliphatic carbocycles. The van der Waals surface area contributed by atoms with Crippen LogP contribution in [0.4, 0.5) is 17.6 Å². The molecule has 3 aromatic carbocycles. The Morgan fingerprint density at radius 2 is 1.64 bits per heavy atom. The van der Waals surface area contributed by atoms with Crippen LogP contribution in [0.2, 0.25) is 0 Å². The van der Waals surface area contributed by atoms with Gasteiger partial charge in [0.25, 0.3) is 0 Å². The van der Waals surface area contributed by atoms with Crippen molar-refractivity contribution in [2.75, 3.05) is 26.3 Å². The number of nitrogens with zero attached hydrogens (tertiary/aromatic N) is 2. The Kier molecular flexibility index (Phi) is 6.23. The van der Waals surface area contributed by atoms with Gasteiger partial charge in [-0.05, 0) is 41.8 Å². The molecule has 10 heteroatoms. The number of H-pyrrole nitrogens is 1. The van der Waals surface area contributed by atoms with E-state index in [0.29, 0.717) is 38.7 Å². The molecule has 0 amide bonds. The molecule has 0 unspecified atom stereocenters. The van der Waals surface area contributed by atoms with Gasteiger partial charge >= 0.3 is 5.97 Å². The average molecular weight is 499 g/mol. The number of halogens is 4. The maximum Gasteiger partial charge on any atom is 0.337 e. The molecule has 1 saturated heterocycles. The quantitative estimate of drug-likeness (QED) is 0.288. The highest BCUT2D eigenvalue weighted by Gasteiger charge is 2.28. The zero-order valence-corrected chi connectivity index (χ0v) is 19.2. The van der Waals surface area contributed by atoms with Crippen molar-refractivity contribution in [1.29, 1.82) is 0 Å². The molecule has 0 radical (unpaired) electrons. The Morgan fingerprint density at radius 3 is 2.28 bits per heavy atom. The molecule has 0 saturated carbocycles. The molecule has 36 heavy (non-hydrogen) atoms. The fourth-order valence-electron chi connectivity index (χ4n) is 4.53. The van der Waals surface area contributed by atoms with E-state index in [9.17, 15) is 9.90 Å². The number of rotatable bonds is 5. The van der Waals surface area contributed by atoms with Gasteiger partial charge in [0.1, 0.15) is 11.3 Å². The average Bonchev–Trinajstić information content (AvgIpc) is 3.23. The van der Waals surface area contributed by atoms with Gasteiger partial charge in [-0.15, -0.1) is 0 Å². The molecule has 1 aliphatic rings. The van der Waals surface area contributed by atoms with Crippen molar-refractivity contribution in [2.24, 2.45) is 0 Å². The Morgan fingerprint density at radius 1 is 1.00 bits per heavy atom. The molecule has 1 aliphatic heterocycles. The van der Waals surface area contributed by atoms with Crippen LogP contribution in [-0.2, 0) is 11.3 Å². The van der Waals surface area contributed by atoms with E-state index in [1.165, 1.54) is 18.2 Å². The molecule has 2 N–H and O–H groups in total. The third-order valence-electron chi connectivity index (χ3n) is 6.21. The number of ether oxygens (including phenoxy) is 1. The molecule has 2 heterocycles. The minimum atomic E-state index is -1.62. The lowest BCUT2D eigenvalue weighted by Gasteiger charge is -2.26. The highest BCUT2D eigenvalue weighted by molar-refractivity contribution is 6.03. The Balaban J connectivity index is 1.61. The molecule has 1 fully saturated rings. The lowest BCUT2D eigenvalue weighted by molar-refractivity contribution is 0.0342. The SMILES string of the molecule is Cc1nc2c(C(=O)O)cc(-c3c(F)c(F)c(-c4cccc(CN5CCOCC5)c4)c(F)c3F)cc2[nH]1. The number of carbonyl (C=O) groups is 1. The first-order valence-corrected chi connectivity index (χ1v) is 11.2. The van der Waals surface area contributed by atoms with Gasteiger partial charge in [-0.25, -0.2) is 27.3 Å². The Bertz CT molecular complexity index is 1470. The molecule has 0 bridgehead atoms. The summed E-state index contributed by atoms with van der Waals surface area (Å²) in [5.41, 5.74) is -1.55. The van der Waals surface area contributed by atoms with Gasteiger partial charge < -0.3 is 14.8 Å². The van der Waals surface area contributed by atoms with Crippen LogP contribution in [0.25, 0.3) is 33.3 Å². The van der Waals surface area contributed by atoms with Crippen LogP contribution < -0.4 is 0 Å². The summed E-state index contributed by atoms with van der Waals surface area (Å²) in [6.45, 7) is 4.62. The summed E-state index contributed by atoms with van der Waals surface area (Å²) in [5, 5.41) is 9.55. The van der Waals surface area contributed by atoms with E-state index in [4.69, 9.17) is 4.74 Å². The van der Waals surface area contributed by atoms with Crippen LogP contribution in [0.3, 0.4) is 0 Å². The molecule has 4 aromatic rings. The Hall–Kier alpha value is -3.76. The predicted octanol–water partition coefficient (Wildman–Crippen LogP) is 5.29. The summed E-state index contributed by atoms with van der Waals surface area (Å²) in [4.78, 5) is 20.7. The molecule has 1 aromatic heterocycles. The van der Waals surface area contributed by atoms with Gasteiger partial charge in [-0.1, -0.05) is 18.2 Å². The maximum absolute atomic E-state index is 15.3. The number of carboxylic acids is 1. The first-order chi connectivity index (χ1) is 17.2. The smallest absolute Gasteiger partial charge is 0.337 e. The van der Waals surface area contributed by atoms with Crippen LogP contribution in [0.1, 0.15) is 21.7 Å². The summed E-state index contributed by atoms with van der Waals surface area (Å²) < 4.78 is 66.5.